The summed E-state index contributed by atoms with van der Waals surface area (Å²) in [6, 6.07) is 6.29. The van der Waals surface area contributed by atoms with Crippen molar-refractivity contribution < 1.29 is 9.53 Å². The first kappa shape index (κ1) is 15.2. The number of benzene rings is 1. The Morgan fingerprint density at radius 2 is 2.18 bits per heavy atom. The lowest BCUT2D eigenvalue weighted by atomic mass is 10.1. The molecule has 0 unspecified atom stereocenters. The van der Waals surface area contributed by atoms with E-state index in [9.17, 15) is 4.79 Å². The molecule has 3 rings (SSSR count). The minimum Gasteiger partial charge on any atom is -0.493 e. The van der Waals surface area contributed by atoms with Crippen molar-refractivity contribution in [3.63, 3.8) is 0 Å². The van der Waals surface area contributed by atoms with Crippen LogP contribution in [0.15, 0.2) is 18.2 Å². The molecule has 2 aliphatic rings. The van der Waals surface area contributed by atoms with Gasteiger partial charge in [0.1, 0.15) is 5.75 Å². The van der Waals surface area contributed by atoms with E-state index in [-0.39, 0.29) is 6.03 Å². The lowest BCUT2D eigenvalue weighted by Gasteiger charge is -2.28. The van der Waals surface area contributed by atoms with E-state index < -0.39 is 0 Å². The zero-order valence-corrected chi connectivity index (χ0v) is 13.4. The standard InChI is InChI=1S/C18H26N2O2/c1-2-3-4-12-22-17-13-15(8-9-16(17)14-6-7-14)20-11-5-10-19-18(20)21/h8-9,13-14H,2-7,10-12H2,1H3,(H,19,21). The van der Waals surface area contributed by atoms with Gasteiger partial charge in [0.15, 0.2) is 0 Å². The summed E-state index contributed by atoms with van der Waals surface area (Å²) in [5.74, 6) is 1.64. The Bertz CT molecular complexity index is 526. The number of anilines is 1. The van der Waals surface area contributed by atoms with E-state index in [1.165, 1.54) is 31.2 Å². The van der Waals surface area contributed by atoms with Crippen molar-refractivity contribution in [2.75, 3.05) is 24.6 Å². The van der Waals surface area contributed by atoms with Gasteiger partial charge in [-0.25, -0.2) is 4.79 Å². The maximum absolute atomic E-state index is 12.0. The highest BCUT2D eigenvalue weighted by Crippen LogP contribution is 2.45. The molecule has 0 bridgehead atoms. The molecule has 1 saturated carbocycles. The van der Waals surface area contributed by atoms with Crippen LogP contribution in [0, 0.1) is 0 Å². The number of unbranched alkanes of at least 4 members (excludes halogenated alkanes) is 2. The summed E-state index contributed by atoms with van der Waals surface area (Å²) in [6.45, 7) is 4.52. The average molecular weight is 302 g/mol. The minimum absolute atomic E-state index is 0.00218. The van der Waals surface area contributed by atoms with Crippen LogP contribution in [0.5, 0.6) is 5.75 Å². The number of nitrogens with one attached hydrogen (secondary N) is 1. The van der Waals surface area contributed by atoms with Gasteiger partial charge in [-0.3, -0.25) is 4.90 Å². The molecule has 0 atom stereocenters. The molecule has 1 heterocycles. The van der Waals surface area contributed by atoms with Crippen molar-refractivity contribution in [2.24, 2.45) is 0 Å². The Morgan fingerprint density at radius 3 is 2.91 bits per heavy atom. The minimum atomic E-state index is 0.00218. The lowest BCUT2D eigenvalue weighted by Crippen LogP contribution is -2.46. The molecule has 1 aromatic carbocycles. The van der Waals surface area contributed by atoms with Crippen LogP contribution < -0.4 is 15.0 Å². The normalized spacial score (nSPS) is 18.2. The molecule has 4 nitrogen and oxygen atoms in total. The highest BCUT2D eigenvalue weighted by molar-refractivity contribution is 5.92. The molecule has 22 heavy (non-hydrogen) atoms. The molecule has 2 amide bonds. The second-order valence-electron chi connectivity index (χ2n) is 6.29. The predicted octanol–water partition coefficient (Wildman–Crippen LogP) is 4.05. The fourth-order valence-electron chi connectivity index (χ4n) is 2.96. The predicted molar refractivity (Wildman–Crippen MR) is 88.8 cm³/mol. The highest BCUT2D eigenvalue weighted by atomic mass is 16.5. The lowest BCUT2D eigenvalue weighted by molar-refractivity contribution is 0.243. The van der Waals surface area contributed by atoms with Crippen LogP contribution in [0.1, 0.15) is 56.9 Å². The molecular weight excluding hydrogens is 276 g/mol. The third-order valence-electron chi connectivity index (χ3n) is 4.41. The summed E-state index contributed by atoms with van der Waals surface area (Å²) in [6.07, 6.45) is 7.00. The molecule has 1 aliphatic carbocycles. The first-order chi connectivity index (χ1) is 10.8. The SMILES string of the molecule is CCCCCOc1cc(N2CCCNC2=O)ccc1C1CC1. The summed E-state index contributed by atoms with van der Waals surface area (Å²) >= 11 is 0. The fourth-order valence-corrected chi connectivity index (χ4v) is 2.96. The molecule has 2 fully saturated rings. The number of amides is 2. The van der Waals surface area contributed by atoms with Crippen LogP contribution in [-0.2, 0) is 0 Å². The van der Waals surface area contributed by atoms with E-state index in [0.717, 1.165) is 44.0 Å². The van der Waals surface area contributed by atoms with E-state index in [4.69, 9.17) is 4.74 Å². The van der Waals surface area contributed by atoms with E-state index in [1.807, 2.05) is 4.90 Å². The number of nitrogens with zero attached hydrogens (tertiary/aromatic N) is 1. The van der Waals surface area contributed by atoms with E-state index in [0.29, 0.717) is 5.92 Å². The van der Waals surface area contributed by atoms with Crippen LogP contribution in [0.4, 0.5) is 10.5 Å². The van der Waals surface area contributed by atoms with Crippen molar-refractivity contribution in [1.29, 1.82) is 0 Å². The summed E-state index contributed by atoms with van der Waals surface area (Å²) in [7, 11) is 0. The second-order valence-corrected chi connectivity index (χ2v) is 6.29. The molecule has 1 aliphatic heterocycles. The van der Waals surface area contributed by atoms with Crippen LogP contribution in [-0.4, -0.2) is 25.7 Å². The Hall–Kier alpha value is -1.71. The van der Waals surface area contributed by atoms with E-state index >= 15 is 0 Å². The number of urea groups is 1. The Balaban J connectivity index is 1.75. The van der Waals surface area contributed by atoms with Crippen LogP contribution in [0.2, 0.25) is 0 Å². The molecule has 1 saturated heterocycles. The van der Waals surface area contributed by atoms with Crippen LogP contribution in [0.25, 0.3) is 0 Å². The van der Waals surface area contributed by atoms with Gasteiger partial charge in [-0.2, -0.15) is 0 Å². The fraction of sp³-hybridized carbons (Fsp3) is 0.611. The van der Waals surface area contributed by atoms with Gasteiger partial charge in [0.2, 0.25) is 0 Å². The quantitative estimate of drug-likeness (QED) is 0.772. The van der Waals surface area contributed by atoms with Crippen LogP contribution >= 0.6 is 0 Å². The average Bonchev–Trinajstić information content (AvgIpc) is 3.37. The van der Waals surface area contributed by atoms with Crippen molar-refractivity contribution >= 4 is 11.7 Å². The number of rotatable bonds is 7. The van der Waals surface area contributed by atoms with Gasteiger partial charge in [-0.1, -0.05) is 25.8 Å². The third kappa shape index (κ3) is 3.54. The first-order valence-electron chi connectivity index (χ1n) is 8.61. The molecule has 120 valence electrons. The van der Waals surface area contributed by atoms with Gasteiger partial charge >= 0.3 is 6.03 Å². The highest BCUT2D eigenvalue weighted by Gasteiger charge is 2.28. The number of hydrogen-bond acceptors (Lipinski definition) is 2. The van der Waals surface area contributed by atoms with Gasteiger partial charge in [0.25, 0.3) is 0 Å². The van der Waals surface area contributed by atoms with Crippen LogP contribution in [0.3, 0.4) is 0 Å². The smallest absolute Gasteiger partial charge is 0.321 e. The van der Waals surface area contributed by atoms with Gasteiger partial charge in [0.05, 0.1) is 6.61 Å². The largest absolute Gasteiger partial charge is 0.493 e. The van der Waals surface area contributed by atoms with Gasteiger partial charge in [0, 0.05) is 24.8 Å². The zero-order chi connectivity index (χ0) is 15.4. The van der Waals surface area contributed by atoms with E-state index in [2.05, 4.69) is 30.4 Å². The summed E-state index contributed by atoms with van der Waals surface area (Å²) in [5.41, 5.74) is 2.27. The van der Waals surface area contributed by atoms with Crippen molar-refractivity contribution in [3.05, 3.63) is 23.8 Å². The molecule has 0 radical (unpaired) electrons. The molecule has 0 aromatic heterocycles. The number of hydrogen-bond donors (Lipinski definition) is 1. The summed E-state index contributed by atoms with van der Waals surface area (Å²) in [4.78, 5) is 13.8. The molecule has 1 N–H and O–H groups in total. The zero-order valence-electron chi connectivity index (χ0n) is 13.4. The Labute approximate surface area is 132 Å². The van der Waals surface area contributed by atoms with Gasteiger partial charge < -0.3 is 10.1 Å². The second kappa shape index (κ2) is 7.03. The molecular formula is C18H26N2O2. The molecule has 1 aromatic rings. The van der Waals surface area contributed by atoms with Crippen molar-refractivity contribution in [3.8, 4) is 5.75 Å². The van der Waals surface area contributed by atoms with Gasteiger partial charge in [-0.05, 0) is 43.2 Å². The first-order valence-corrected chi connectivity index (χ1v) is 8.61. The number of carbonyl (C=O) groups excluding carboxylic acids is 1. The number of carbonyl (C=O) groups is 1. The number of ether oxygens (including phenoxy) is 1. The maximum atomic E-state index is 12.0. The van der Waals surface area contributed by atoms with Crippen molar-refractivity contribution in [2.45, 2.75) is 51.4 Å². The van der Waals surface area contributed by atoms with E-state index in [1.54, 1.807) is 0 Å². The summed E-state index contributed by atoms with van der Waals surface area (Å²) in [5, 5.41) is 2.91. The topological polar surface area (TPSA) is 41.6 Å². The van der Waals surface area contributed by atoms with Gasteiger partial charge in [-0.15, -0.1) is 0 Å². The molecule has 0 spiro atoms. The molecule has 4 heteroatoms. The Kier molecular flexibility index (Phi) is 4.86. The Morgan fingerprint density at radius 1 is 1.32 bits per heavy atom. The maximum Gasteiger partial charge on any atom is 0.321 e. The third-order valence-corrected chi connectivity index (χ3v) is 4.41. The van der Waals surface area contributed by atoms with Crippen molar-refractivity contribution in [1.82, 2.24) is 5.32 Å². The summed E-state index contributed by atoms with van der Waals surface area (Å²) < 4.78 is 6.05. The monoisotopic (exact) mass is 302 g/mol.